The van der Waals surface area contributed by atoms with E-state index in [1.807, 2.05) is 32.9 Å². The number of oxazole rings is 1. The second-order valence-electron chi connectivity index (χ2n) is 8.93. The standard InChI is InChI=1S/C21H29ClN4O3/c1-14-13-25(20(27)29-21(2,3)4)9-10-26(14)19-23-16-11-15(22)12-17(18(16)28-19)24-7-5-6-8-24/h11-12,14H,5-10,13H2,1-4H3. The molecule has 0 saturated carbocycles. The molecule has 29 heavy (non-hydrogen) atoms. The van der Waals surface area contributed by atoms with E-state index in [0.717, 1.165) is 29.9 Å². The normalized spacial score (nSPS) is 20.6. The monoisotopic (exact) mass is 420 g/mol. The number of hydrogen-bond donors (Lipinski definition) is 0. The van der Waals surface area contributed by atoms with E-state index in [1.165, 1.54) is 12.8 Å². The van der Waals surface area contributed by atoms with Crippen molar-refractivity contribution in [3.63, 3.8) is 0 Å². The predicted octanol–water partition coefficient (Wildman–Crippen LogP) is 4.53. The number of rotatable bonds is 2. The number of ether oxygens (including phenoxy) is 1. The number of carbonyl (C=O) groups is 1. The van der Waals surface area contributed by atoms with Gasteiger partial charge in [0, 0.05) is 43.8 Å². The second-order valence-corrected chi connectivity index (χ2v) is 9.37. The van der Waals surface area contributed by atoms with Crippen LogP contribution in [0.2, 0.25) is 5.02 Å². The maximum absolute atomic E-state index is 12.4. The minimum Gasteiger partial charge on any atom is -0.444 e. The first-order valence-corrected chi connectivity index (χ1v) is 10.7. The summed E-state index contributed by atoms with van der Waals surface area (Å²) in [5.74, 6) is 0. The number of piperazine rings is 1. The number of nitrogens with zero attached hydrogens (tertiary/aromatic N) is 4. The van der Waals surface area contributed by atoms with Gasteiger partial charge in [-0.3, -0.25) is 0 Å². The molecule has 158 valence electrons. The zero-order valence-electron chi connectivity index (χ0n) is 17.6. The van der Waals surface area contributed by atoms with Gasteiger partial charge in [0.1, 0.15) is 11.1 Å². The molecule has 7 nitrogen and oxygen atoms in total. The van der Waals surface area contributed by atoms with Gasteiger partial charge in [-0.15, -0.1) is 0 Å². The van der Waals surface area contributed by atoms with Crippen molar-refractivity contribution in [3.05, 3.63) is 17.2 Å². The third kappa shape index (κ3) is 4.25. The summed E-state index contributed by atoms with van der Waals surface area (Å²) < 4.78 is 11.7. The molecule has 2 saturated heterocycles. The van der Waals surface area contributed by atoms with Crippen molar-refractivity contribution in [1.82, 2.24) is 9.88 Å². The molecule has 0 radical (unpaired) electrons. The Balaban J connectivity index is 1.55. The van der Waals surface area contributed by atoms with E-state index >= 15 is 0 Å². The number of fused-ring (bicyclic) bond motifs is 1. The van der Waals surface area contributed by atoms with E-state index in [9.17, 15) is 4.79 Å². The zero-order chi connectivity index (χ0) is 20.8. The van der Waals surface area contributed by atoms with Gasteiger partial charge in [-0.1, -0.05) is 11.6 Å². The molecule has 1 aromatic heterocycles. The van der Waals surface area contributed by atoms with Gasteiger partial charge in [-0.2, -0.15) is 4.98 Å². The topological polar surface area (TPSA) is 62.1 Å². The summed E-state index contributed by atoms with van der Waals surface area (Å²) in [5, 5.41) is 0.669. The number of hydrogen-bond acceptors (Lipinski definition) is 6. The van der Waals surface area contributed by atoms with Crippen LogP contribution in [0.3, 0.4) is 0 Å². The average Bonchev–Trinajstić information content (AvgIpc) is 3.29. The smallest absolute Gasteiger partial charge is 0.410 e. The minimum atomic E-state index is -0.497. The summed E-state index contributed by atoms with van der Waals surface area (Å²) in [5.41, 5.74) is 2.08. The Labute approximate surface area is 176 Å². The van der Waals surface area contributed by atoms with Crippen LogP contribution in [0.4, 0.5) is 16.5 Å². The molecular weight excluding hydrogens is 392 g/mol. The molecule has 1 aromatic carbocycles. The van der Waals surface area contributed by atoms with E-state index in [2.05, 4.69) is 16.7 Å². The SMILES string of the molecule is CC1CN(C(=O)OC(C)(C)C)CCN1c1nc2cc(Cl)cc(N3CCCC3)c2o1. The molecule has 1 amide bonds. The maximum Gasteiger partial charge on any atom is 0.410 e. The first-order chi connectivity index (χ1) is 13.7. The molecule has 8 heteroatoms. The van der Waals surface area contributed by atoms with Crippen LogP contribution in [0.25, 0.3) is 11.1 Å². The molecule has 0 spiro atoms. The van der Waals surface area contributed by atoms with Gasteiger partial charge in [0.25, 0.3) is 6.01 Å². The molecule has 1 unspecified atom stereocenters. The van der Waals surface area contributed by atoms with Gasteiger partial charge in [0.2, 0.25) is 0 Å². The van der Waals surface area contributed by atoms with Crippen LogP contribution in [-0.2, 0) is 4.74 Å². The lowest BCUT2D eigenvalue weighted by atomic mass is 10.2. The Bertz CT molecular complexity index is 901. The fraction of sp³-hybridized carbons (Fsp3) is 0.619. The van der Waals surface area contributed by atoms with Crippen molar-refractivity contribution in [1.29, 1.82) is 0 Å². The first-order valence-electron chi connectivity index (χ1n) is 10.3. The summed E-state index contributed by atoms with van der Waals surface area (Å²) in [7, 11) is 0. The Hall–Kier alpha value is -2.15. The predicted molar refractivity (Wildman–Crippen MR) is 115 cm³/mol. The third-order valence-electron chi connectivity index (χ3n) is 5.40. The highest BCUT2D eigenvalue weighted by Gasteiger charge is 2.32. The number of carbonyl (C=O) groups excluding carboxylic acids is 1. The molecule has 1 atom stereocenters. The minimum absolute atomic E-state index is 0.0649. The summed E-state index contributed by atoms with van der Waals surface area (Å²) in [6, 6.07) is 4.47. The molecule has 0 aliphatic carbocycles. The van der Waals surface area contributed by atoms with Gasteiger partial charge < -0.3 is 23.9 Å². The van der Waals surface area contributed by atoms with Crippen LogP contribution in [0.1, 0.15) is 40.5 Å². The molecule has 2 aromatic rings. The summed E-state index contributed by atoms with van der Waals surface area (Å²) in [6.45, 7) is 11.5. The maximum atomic E-state index is 12.4. The Morgan fingerprint density at radius 1 is 1.21 bits per heavy atom. The van der Waals surface area contributed by atoms with E-state index < -0.39 is 5.60 Å². The van der Waals surface area contributed by atoms with Crippen LogP contribution in [0.5, 0.6) is 0 Å². The van der Waals surface area contributed by atoms with Crippen molar-refractivity contribution in [2.24, 2.45) is 0 Å². The largest absolute Gasteiger partial charge is 0.444 e. The lowest BCUT2D eigenvalue weighted by molar-refractivity contribution is 0.0216. The van der Waals surface area contributed by atoms with E-state index in [1.54, 1.807) is 4.90 Å². The van der Waals surface area contributed by atoms with E-state index in [-0.39, 0.29) is 12.1 Å². The lowest BCUT2D eigenvalue weighted by Gasteiger charge is -2.39. The Morgan fingerprint density at radius 3 is 2.59 bits per heavy atom. The van der Waals surface area contributed by atoms with Crippen LogP contribution in [0.15, 0.2) is 16.5 Å². The highest BCUT2D eigenvalue weighted by molar-refractivity contribution is 6.31. The van der Waals surface area contributed by atoms with Crippen molar-refractivity contribution in [2.75, 3.05) is 42.5 Å². The molecule has 2 aliphatic heterocycles. The van der Waals surface area contributed by atoms with Gasteiger partial charge in [0.05, 0.1) is 5.69 Å². The molecule has 3 heterocycles. The van der Waals surface area contributed by atoms with Crippen molar-refractivity contribution in [3.8, 4) is 0 Å². The number of halogens is 1. The van der Waals surface area contributed by atoms with E-state index in [4.69, 9.17) is 25.7 Å². The average molecular weight is 421 g/mol. The summed E-state index contributed by atoms with van der Waals surface area (Å²) in [4.78, 5) is 23.3. The number of aromatic nitrogens is 1. The van der Waals surface area contributed by atoms with Gasteiger partial charge in [-0.25, -0.2) is 4.79 Å². The van der Waals surface area contributed by atoms with Gasteiger partial charge in [-0.05, 0) is 52.7 Å². The van der Waals surface area contributed by atoms with Crippen LogP contribution in [0, 0.1) is 0 Å². The van der Waals surface area contributed by atoms with Gasteiger partial charge in [0.15, 0.2) is 5.58 Å². The Morgan fingerprint density at radius 2 is 1.93 bits per heavy atom. The third-order valence-corrected chi connectivity index (χ3v) is 5.61. The Kier molecular flexibility index (Phi) is 5.27. The fourth-order valence-corrected chi connectivity index (χ4v) is 4.23. The molecule has 2 fully saturated rings. The van der Waals surface area contributed by atoms with Crippen molar-refractivity contribution >= 4 is 40.5 Å². The second kappa shape index (κ2) is 7.59. The zero-order valence-corrected chi connectivity index (χ0v) is 18.3. The van der Waals surface area contributed by atoms with Crippen LogP contribution in [-0.4, -0.2) is 60.3 Å². The fourth-order valence-electron chi connectivity index (χ4n) is 4.02. The lowest BCUT2D eigenvalue weighted by Crippen LogP contribution is -2.54. The van der Waals surface area contributed by atoms with Crippen LogP contribution >= 0.6 is 11.6 Å². The van der Waals surface area contributed by atoms with E-state index in [0.29, 0.717) is 30.7 Å². The van der Waals surface area contributed by atoms with Crippen LogP contribution < -0.4 is 9.80 Å². The number of benzene rings is 1. The van der Waals surface area contributed by atoms with Gasteiger partial charge >= 0.3 is 6.09 Å². The first kappa shape index (κ1) is 20.1. The van der Waals surface area contributed by atoms with Crippen molar-refractivity contribution in [2.45, 2.75) is 52.2 Å². The number of amides is 1. The molecule has 0 bridgehead atoms. The highest BCUT2D eigenvalue weighted by atomic mass is 35.5. The molecule has 0 N–H and O–H groups in total. The summed E-state index contributed by atoms with van der Waals surface area (Å²) >= 11 is 6.35. The number of anilines is 2. The highest BCUT2D eigenvalue weighted by Crippen LogP contribution is 2.36. The quantitative estimate of drug-likeness (QED) is 0.711. The summed E-state index contributed by atoms with van der Waals surface area (Å²) in [6.07, 6.45) is 2.08. The molecule has 4 rings (SSSR count). The molecule has 2 aliphatic rings. The molecular formula is C21H29ClN4O3. The van der Waals surface area contributed by atoms with Crippen molar-refractivity contribution < 1.29 is 13.9 Å².